The third kappa shape index (κ3) is 4.07. The highest BCUT2D eigenvalue weighted by Crippen LogP contribution is 2.23. The lowest BCUT2D eigenvalue weighted by Crippen LogP contribution is -2.12. The van der Waals surface area contributed by atoms with E-state index >= 15 is 0 Å². The second-order valence-corrected chi connectivity index (χ2v) is 8.00. The number of halogens is 2. The molecule has 0 amide bonds. The van der Waals surface area contributed by atoms with Gasteiger partial charge in [0.2, 0.25) is 0 Å². The molecule has 1 aromatic carbocycles. The van der Waals surface area contributed by atoms with Gasteiger partial charge in [0.25, 0.3) is 6.43 Å². The molecule has 0 aliphatic carbocycles. The van der Waals surface area contributed by atoms with Gasteiger partial charge in [-0.05, 0) is 51.5 Å². The zero-order valence-corrected chi connectivity index (χ0v) is 18.5. The predicted molar refractivity (Wildman–Crippen MR) is 115 cm³/mol. The average molecular weight is 444 g/mol. The summed E-state index contributed by atoms with van der Waals surface area (Å²) in [4.78, 5) is 0. The SMILES string of the molecule is Cc1ccc(Cn2nc(C)c(-n3c(Cn4nc(C(F)F)cc4C)n[nH]c3=S)c2C)cc1. The number of hydrogen-bond acceptors (Lipinski definition) is 4. The van der Waals surface area contributed by atoms with Crippen molar-refractivity contribution in [2.24, 2.45) is 0 Å². The number of aromatic nitrogens is 7. The number of aryl methyl sites for hydroxylation is 3. The Labute approximate surface area is 183 Å². The molecule has 0 radical (unpaired) electrons. The molecule has 0 saturated heterocycles. The summed E-state index contributed by atoms with van der Waals surface area (Å²) in [5.41, 5.74) is 5.29. The van der Waals surface area contributed by atoms with Crippen molar-refractivity contribution in [3.05, 3.63) is 74.8 Å². The largest absolute Gasteiger partial charge is 0.282 e. The standard InChI is InChI=1S/C21H23F2N7S/c1-12-5-7-16(8-6-12)10-29-15(4)19(14(3)26-29)30-18(24-25-21(30)31)11-28-13(2)9-17(27-28)20(22)23/h5-9,20H,10-11H2,1-4H3,(H,25,31). The molecular weight excluding hydrogens is 420 g/mol. The van der Waals surface area contributed by atoms with E-state index in [1.54, 1.807) is 6.92 Å². The molecule has 7 nitrogen and oxygen atoms in total. The molecule has 0 saturated carbocycles. The number of H-pyrrole nitrogens is 1. The second kappa shape index (κ2) is 8.18. The first-order valence-corrected chi connectivity index (χ1v) is 10.2. The second-order valence-electron chi connectivity index (χ2n) is 7.61. The maximum absolute atomic E-state index is 13.0. The fourth-order valence-corrected chi connectivity index (χ4v) is 3.88. The summed E-state index contributed by atoms with van der Waals surface area (Å²) in [5.74, 6) is 0.568. The molecule has 0 unspecified atom stereocenters. The lowest BCUT2D eigenvalue weighted by atomic mass is 10.1. The molecule has 3 heterocycles. The number of nitrogens with zero attached hydrogens (tertiary/aromatic N) is 6. The molecule has 0 atom stereocenters. The van der Waals surface area contributed by atoms with Crippen LogP contribution in [-0.4, -0.2) is 34.3 Å². The first kappa shape index (κ1) is 21.1. The molecule has 162 valence electrons. The van der Waals surface area contributed by atoms with Crippen LogP contribution in [0, 0.1) is 32.5 Å². The molecule has 3 aromatic heterocycles. The zero-order valence-electron chi connectivity index (χ0n) is 17.7. The molecule has 4 aromatic rings. The maximum atomic E-state index is 13.0. The summed E-state index contributed by atoms with van der Waals surface area (Å²) in [6.07, 6.45) is -2.62. The van der Waals surface area contributed by atoms with E-state index in [1.807, 2.05) is 23.1 Å². The highest BCUT2D eigenvalue weighted by Gasteiger charge is 2.20. The Morgan fingerprint density at radius 3 is 2.35 bits per heavy atom. The van der Waals surface area contributed by atoms with Gasteiger partial charge in [-0.15, -0.1) is 0 Å². The Kier molecular flexibility index (Phi) is 5.57. The van der Waals surface area contributed by atoms with Crippen LogP contribution in [0.15, 0.2) is 30.3 Å². The Hall–Kier alpha value is -3.14. The fraction of sp³-hybridized carbons (Fsp3) is 0.333. The number of hydrogen-bond donors (Lipinski definition) is 1. The van der Waals surface area contributed by atoms with Gasteiger partial charge in [0.05, 0.1) is 23.6 Å². The van der Waals surface area contributed by atoms with Gasteiger partial charge in [0, 0.05) is 5.69 Å². The molecule has 0 aliphatic heterocycles. The van der Waals surface area contributed by atoms with Gasteiger partial charge in [-0.25, -0.2) is 8.78 Å². The zero-order chi connectivity index (χ0) is 22.3. The van der Waals surface area contributed by atoms with Crippen molar-refractivity contribution < 1.29 is 8.78 Å². The molecule has 4 rings (SSSR count). The summed E-state index contributed by atoms with van der Waals surface area (Å²) in [6, 6.07) is 9.70. The van der Waals surface area contributed by atoms with Gasteiger partial charge in [-0.1, -0.05) is 29.8 Å². The van der Waals surface area contributed by atoms with E-state index in [4.69, 9.17) is 17.3 Å². The molecule has 31 heavy (non-hydrogen) atoms. The van der Waals surface area contributed by atoms with Crippen molar-refractivity contribution in [3.63, 3.8) is 0 Å². The lowest BCUT2D eigenvalue weighted by molar-refractivity contribution is 0.145. The number of nitrogens with one attached hydrogen (secondary N) is 1. The molecule has 0 aliphatic rings. The van der Waals surface area contributed by atoms with Crippen LogP contribution < -0.4 is 0 Å². The van der Waals surface area contributed by atoms with Gasteiger partial charge >= 0.3 is 0 Å². The van der Waals surface area contributed by atoms with E-state index < -0.39 is 6.43 Å². The fourth-order valence-electron chi connectivity index (χ4n) is 3.63. The van der Waals surface area contributed by atoms with E-state index in [-0.39, 0.29) is 12.2 Å². The van der Waals surface area contributed by atoms with Gasteiger partial charge in [0.15, 0.2) is 10.6 Å². The maximum Gasteiger partial charge on any atom is 0.282 e. The number of alkyl halides is 2. The first-order chi connectivity index (χ1) is 14.7. The van der Waals surface area contributed by atoms with Crippen LogP contribution in [0.1, 0.15) is 46.2 Å². The molecule has 10 heteroatoms. The molecule has 0 bridgehead atoms. The third-order valence-electron chi connectivity index (χ3n) is 5.28. The Morgan fingerprint density at radius 1 is 1.00 bits per heavy atom. The van der Waals surface area contributed by atoms with Gasteiger partial charge in [-0.2, -0.15) is 15.3 Å². The van der Waals surface area contributed by atoms with Crippen molar-refractivity contribution in [2.75, 3.05) is 0 Å². The van der Waals surface area contributed by atoms with E-state index in [2.05, 4.69) is 46.5 Å². The Bertz CT molecular complexity index is 1280. The topological polar surface area (TPSA) is 69.2 Å². The van der Waals surface area contributed by atoms with E-state index in [1.165, 1.54) is 16.3 Å². The van der Waals surface area contributed by atoms with Crippen LogP contribution in [0.4, 0.5) is 8.78 Å². The van der Waals surface area contributed by atoms with E-state index in [0.29, 0.717) is 22.8 Å². The van der Waals surface area contributed by atoms with Gasteiger partial charge in [-0.3, -0.25) is 19.0 Å². The van der Waals surface area contributed by atoms with Crippen LogP contribution in [0.25, 0.3) is 5.69 Å². The summed E-state index contributed by atoms with van der Waals surface area (Å²) in [7, 11) is 0. The Morgan fingerprint density at radius 2 is 1.71 bits per heavy atom. The minimum absolute atomic E-state index is 0.202. The minimum Gasteiger partial charge on any atom is -0.267 e. The monoisotopic (exact) mass is 443 g/mol. The number of benzene rings is 1. The Balaban J connectivity index is 1.71. The smallest absolute Gasteiger partial charge is 0.267 e. The quantitative estimate of drug-likeness (QED) is 0.443. The lowest BCUT2D eigenvalue weighted by Gasteiger charge is -2.10. The normalized spacial score (nSPS) is 11.6. The number of rotatable bonds is 6. The molecule has 0 fully saturated rings. The van der Waals surface area contributed by atoms with Crippen molar-refractivity contribution >= 4 is 12.2 Å². The molecule has 0 spiro atoms. The van der Waals surface area contributed by atoms with Crippen LogP contribution in [-0.2, 0) is 13.1 Å². The summed E-state index contributed by atoms with van der Waals surface area (Å²) >= 11 is 5.48. The highest BCUT2D eigenvalue weighted by atomic mass is 32.1. The van der Waals surface area contributed by atoms with Crippen molar-refractivity contribution in [1.29, 1.82) is 0 Å². The van der Waals surface area contributed by atoms with E-state index in [9.17, 15) is 8.78 Å². The summed E-state index contributed by atoms with van der Waals surface area (Å²) in [5, 5.41) is 15.9. The van der Waals surface area contributed by atoms with Crippen molar-refractivity contribution in [1.82, 2.24) is 34.3 Å². The predicted octanol–water partition coefficient (Wildman–Crippen LogP) is 4.59. The van der Waals surface area contributed by atoms with Crippen molar-refractivity contribution in [2.45, 2.75) is 47.2 Å². The summed E-state index contributed by atoms with van der Waals surface area (Å²) in [6.45, 7) is 8.52. The average Bonchev–Trinajstić information content (AvgIpc) is 3.34. The van der Waals surface area contributed by atoms with Crippen LogP contribution in [0.2, 0.25) is 0 Å². The number of aromatic amines is 1. The van der Waals surface area contributed by atoms with E-state index in [0.717, 1.165) is 22.6 Å². The van der Waals surface area contributed by atoms with Gasteiger partial charge in [0.1, 0.15) is 12.2 Å². The minimum atomic E-state index is -2.62. The van der Waals surface area contributed by atoms with Crippen LogP contribution >= 0.6 is 12.2 Å². The van der Waals surface area contributed by atoms with Crippen LogP contribution in [0.5, 0.6) is 0 Å². The van der Waals surface area contributed by atoms with Crippen molar-refractivity contribution in [3.8, 4) is 5.69 Å². The summed E-state index contributed by atoms with van der Waals surface area (Å²) < 4.78 is 31.7. The first-order valence-electron chi connectivity index (χ1n) is 9.83. The van der Waals surface area contributed by atoms with Gasteiger partial charge < -0.3 is 0 Å². The van der Waals surface area contributed by atoms with Crippen LogP contribution in [0.3, 0.4) is 0 Å². The molecular formula is C21H23F2N7S. The highest BCUT2D eigenvalue weighted by molar-refractivity contribution is 7.71. The third-order valence-corrected chi connectivity index (χ3v) is 5.55. The molecule has 1 N–H and O–H groups in total.